The summed E-state index contributed by atoms with van der Waals surface area (Å²) in [4.78, 5) is 0. The van der Waals surface area contributed by atoms with Gasteiger partial charge in [0.25, 0.3) is 0 Å². The fourth-order valence-electron chi connectivity index (χ4n) is 2.74. The Kier molecular flexibility index (Phi) is 3.88. The highest BCUT2D eigenvalue weighted by Crippen LogP contribution is 2.39. The summed E-state index contributed by atoms with van der Waals surface area (Å²) in [6, 6.07) is 0. The molecule has 4 atom stereocenters. The third-order valence-electron chi connectivity index (χ3n) is 3.52. The van der Waals surface area contributed by atoms with E-state index in [4.69, 9.17) is 4.74 Å². The molecule has 0 bridgehead atoms. The first-order valence-corrected chi connectivity index (χ1v) is 6.96. The molecule has 2 unspecified atom stereocenters. The molecular formula is C12H19IO. The molecule has 1 saturated carbocycles. The predicted molar refractivity (Wildman–Crippen MR) is 67.9 cm³/mol. The summed E-state index contributed by atoms with van der Waals surface area (Å²) in [5.41, 5.74) is 0. The van der Waals surface area contributed by atoms with E-state index in [1.807, 2.05) is 6.08 Å². The van der Waals surface area contributed by atoms with Gasteiger partial charge in [-0.3, -0.25) is 0 Å². The molecule has 80 valence electrons. The minimum Gasteiger partial charge on any atom is -0.373 e. The molecule has 0 aromatic rings. The number of ether oxygens (including phenoxy) is 1. The largest absolute Gasteiger partial charge is 0.373 e. The van der Waals surface area contributed by atoms with Gasteiger partial charge in [-0.15, -0.1) is 6.58 Å². The van der Waals surface area contributed by atoms with Gasteiger partial charge in [0.05, 0.1) is 12.2 Å². The summed E-state index contributed by atoms with van der Waals surface area (Å²) in [5, 5.41) is 0. The summed E-state index contributed by atoms with van der Waals surface area (Å²) < 4.78 is 6.86. The predicted octanol–water partition coefficient (Wildman–Crippen LogP) is 3.71. The van der Waals surface area contributed by atoms with Crippen LogP contribution in [0.25, 0.3) is 0 Å². The lowest BCUT2D eigenvalue weighted by Gasteiger charge is -2.42. The maximum absolute atomic E-state index is 6.16. The average molecular weight is 306 g/mol. The minimum absolute atomic E-state index is 0.437. The molecule has 1 aliphatic heterocycles. The van der Waals surface area contributed by atoms with E-state index in [9.17, 15) is 0 Å². The summed E-state index contributed by atoms with van der Waals surface area (Å²) in [6.07, 6.45) is 10.9. The number of halogens is 1. The first kappa shape index (κ1) is 10.9. The number of rotatable bonds is 2. The molecule has 1 heterocycles. The Morgan fingerprint density at radius 1 is 1.36 bits per heavy atom. The van der Waals surface area contributed by atoms with E-state index in [2.05, 4.69) is 29.2 Å². The van der Waals surface area contributed by atoms with Crippen molar-refractivity contribution in [1.82, 2.24) is 0 Å². The fraction of sp³-hybridized carbons (Fsp3) is 0.833. The van der Waals surface area contributed by atoms with Crippen LogP contribution < -0.4 is 0 Å². The third-order valence-corrected chi connectivity index (χ3v) is 4.83. The molecular weight excluding hydrogens is 287 g/mol. The lowest BCUT2D eigenvalue weighted by atomic mass is 9.80. The second-order valence-corrected chi connectivity index (χ2v) is 6.13. The Morgan fingerprint density at radius 3 is 2.93 bits per heavy atom. The average Bonchev–Trinajstić information content (AvgIpc) is 2.19. The van der Waals surface area contributed by atoms with Gasteiger partial charge in [-0.05, 0) is 31.6 Å². The highest BCUT2D eigenvalue weighted by molar-refractivity contribution is 14.1. The lowest BCUT2D eigenvalue weighted by Crippen LogP contribution is -2.42. The molecule has 0 spiro atoms. The molecule has 1 nitrogen and oxygen atoms in total. The maximum atomic E-state index is 6.16. The van der Waals surface area contributed by atoms with Gasteiger partial charge in [0.15, 0.2) is 0 Å². The van der Waals surface area contributed by atoms with E-state index >= 15 is 0 Å². The van der Waals surface area contributed by atoms with E-state index in [0.717, 1.165) is 12.3 Å². The quantitative estimate of drug-likeness (QED) is 0.429. The van der Waals surface area contributed by atoms with E-state index < -0.39 is 0 Å². The monoisotopic (exact) mass is 306 g/mol. The Labute approximate surface area is 100 Å². The van der Waals surface area contributed by atoms with Gasteiger partial charge in [-0.2, -0.15) is 0 Å². The summed E-state index contributed by atoms with van der Waals surface area (Å²) in [5.74, 6) is 0.853. The van der Waals surface area contributed by atoms with Crippen molar-refractivity contribution in [3.8, 4) is 0 Å². The number of hydrogen-bond donors (Lipinski definition) is 0. The van der Waals surface area contributed by atoms with Crippen LogP contribution in [0, 0.1) is 5.92 Å². The Balaban J connectivity index is 1.95. The molecule has 2 aliphatic rings. The molecule has 0 radical (unpaired) electrons. The van der Waals surface area contributed by atoms with Crippen LogP contribution in [0.3, 0.4) is 0 Å². The van der Waals surface area contributed by atoms with E-state index in [0.29, 0.717) is 16.1 Å². The van der Waals surface area contributed by atoms with Crippen molar-refractivity contribution in [3.63, 3.8) is 0 Å². The topological polar surface area (TPSA) is 9.23 Å². The smallest absolute Gasteiger partial charge is 0.0730 e. The maximum Gasteiger partial charge on any atom is 0.0730 e. The molecule has 14 heavy (non-hydrogen) atoms. The van der Waals surface area contributed by atoms with Crippen LogP contribution in [-0.2, 0) is 4.74 Å². The molecule has 0 N–H and O–H groups in total. The second-order valence-electron chi connectivity index (χ2n) is 4.53. The first-order valence-electron chi connectivity index (χ1n) is 5.71. The zero-order valence-electron chi connectivity index (χ0n) is 8.62. The van der Waals surface area contributed by atoms with Crippen LogP contribution in [0.5, 0.6) is 0 Å². The summed E-state index contributed by atoms with van der Waals surface area (Å²) in [6.45, 7) is 3.81. The molecule has 1 saturated heterocycles. The second kappa shape index (κ2) is 4.97. The van der Waals surface area contributed by atoms with Gasteiger partial charge in [-0.1, -0.05) is 41.5 Å². The van der Waals surface area contributed by atoms with Gasteiger partial charge >= 0.3 is 0 Å². The minimum atomic E-state index is 0.437. The third kappa shape index (κ3) is 2.32. The normalized spacial score (nSPS) is 42.9. The number of fused-ring (bicyclic) bond motifs is 1. The van der Waals surface area contributed by atoms with Crippen molar-refractivity contribution in [1.29, 1.82) is 0 Å². The van der Waals surface area contributed by atoms with Crippen molar-refractivity contribution in [2.75, 3.05) is 0 Å². The first-order chi connectivity index (χ1) is 6.81. The fourth-order valence-corrected chi connectivity index (χ4v) is 3.86. The van der Waals surface area contributed by atoms with Crippen molar-refractivity contribution < 1.29 is 4.74 Å². The Bertz CT molecular complexity index is 204. The van der Waals surface area contributed by atoms with Crippen molar-refractivity contribution in [3.05, 3.63) is 12.7 Å². The Hall–Kier alpha value is 0.430. The summed E-state index contributed by atoms with van der Waals surface area (Å²) >= 11 is 2.56. The van der Waals surface area contributed by atoms with Gasteiger partial charge in [0.1, 0.15) is 0 Å². The highest BCUT2D eigenvalue weighted by atomic mass is 127. The standard InChI is InChI=1S/C12H19IO/c1-2-5-12-10(13)8-9-6-3-4-7-11(9)14-12/h2,9-12H,1,3-8H2/t9-,10?,11?,12+/m0/s1. The van der Waals surface area contributed by atoms with E-state index in [1.54, 1.807) is 0 Å². The molecule has 2 rings (SSSR count). The van der Waals surface area contributed by atoms with Crippen LogP contribution in [0.2, 0.25) is 0 Å². The molecule has 0 amide bonds. The van der Waals surface area contributed by atoms with E-state index in [-0.39, 0.29) is 0 Å². The van der Waals surface area contributed by atoms with Crippen LogP contribution in [-0.4, -0.2) is 16.1 Å². The summed E-state index contributed by atoms with van der Waals surface area (Å²) in [7, 11) is 0. The van der Waals surface area contributed by atoms with E-state index in [1.165, 1.54) is 32.1 Å². The SMILES string of the molecule is C=CC[C@H]1OC2CCCC[C@H]2CC1I. The van der Waals surface area contributed by atoms with Gasteiger partial charge < -0.3 is 4.74 Å². The highest BCUT2D eigenvalue weighted by Gasteiger charge is 2.36. The molecule has 0 aromatic carbocycles. The van der Waals surface area contributed by atoms with Crippen molar-refractivity contribution in [2.45, 2.75) is 54.7 Å². The van der Waals surface area contributed by atoms with Gasteiger partial charge in [0.2, 0.25) is 0 Å². The van der Waals surface area contributed by atoms with Gasteiger partial charge in [-0.25, -0.2) is 0 Å². The van der Waals surface area contributed by atoms with Crippen molar-refractivity contribution >= 4 is 22.6 Å². The van der Waals surface area contributed by atoms with Crippen molar-refractivity contribution in [2.24, 2.45) is 5.92 Å². The Morgan fingerprint density at radius 2 is 2.14 bits per heavy atom. The van der Waals surface area contributed by atoms with Gasteiger partial charge in [0, 0.05) is 3.92 Å². The number of hydrogen-bond acceptors (Lipinski definition) is 1. The molecule has 2 fully saturated rings. The zero-order valence-corrected chi connectivity index (χ0v) is 10.8. The molecule has 2 heteroatoms. The van der Waals surface area contributed by atoms with Crippen LogP contribution in [0.15, 0.2) is 12.7 Å². The van der Waals surface area contributed by atoms with Crippen LogP contribution in [0.4, 0.5) is 0 Å². The number of alkyl halides is 1. The van der Waals surface area contributed by atoms with Crippen LogP contribution in [0.1, 0.15) is 38.5 Å². The zero-order chi connectivity index (χ0) is 9.97. The van der Waals surface area contributed by atoms with Crippen LogP contribution >= 0.6 is 22.6 Å². The molecule has 1 aliphatic carbocycles. The molecule has 0 aromatic heterocycles. The lowest BCUT2D eigenvalue weighted by molar-refractivity contribution is -0.0901.